The summed E-state index contributed by atoms with van der Waals surface area (Å²) in [5.41, 5.74) is 4.16. The van der Waals surface area contributed by atoms with Gasteiger partial charge in [0.1, 0.15) is 11.5 Å². The standard InChI is InChI=1S/C25H27N5O/c1-17(2)16-30-21-9-6-5-8-20(21)23(25(30)31)26-19-13-11-18(12-14-19)24-28-27-22-10-4-3-7-15-29(22)24/h5-6,8-9,11-14,17H,3-4,7,10,15-16H2,1-2H3. The van der Waals surface area contributed by atoms with Gasteiger partial charge in [0.15, 0.2) is 5.82 Å². The summed E-state index contributed by atoms with van der Waals surface area (Å²) in [6, 6.07) is 15.9. The van der Waals surface area contributed by atoms with Crippen LogP contribution in [0.1, 0.15) is 44.5 Å². The SMILES string of the molecule is CC(C)CN1C(=O)C(=Nc2ccc(-c3nnc4n3CCCCC4)cc2)c2ccccc21. The van der Waals surface area contributed by atoms with E-state index in [0.29, 0.717) is 18.2 Å². The van der Waals surface area contributed by atoms with E-state index < -0.39 is 0 Å². The number of rotatable bonds is 4. The van der Waals surface area contributed by atoms with Crippen LogP contribution in [0.25, 0.3) is 11.4 Å². The number of carbonyl (C=O) groups excluding carboxylic acids is 1. The second-order valence-corrected chi connectivity index (χ2v) is 8.74. The van der Waals surface area contributed by atoms with Crippen LogP contribution in [0.15, 0.2) is 53.5 Å². The van der Waals surface area contributed by atoms with Gasteiger partial charge in [-0.15, -0.1) is 10.2 Å². The largest absolute Gasteiger partial charge is 0.311 e. The monoisotopic (exact) mass is 413 g/mol. The number of hydrogen-bond acceptors (Lipinski definition) is 4. The highest BCUT2D eigenvalue weighted by atomic mass is 16.2. The molecule has 0 radical (unpaired) electrons. The number of anilines is 1. The fourth-order valence-electron chi connectivity index (χ4n) is 4.43. The molecule has 0 saturated heterocycles. The molecule has 3 heterocycles. The summed E-state index contributed by atoms with van der Waals surface area (Å²) in [4.78, 5) is 19.7. The van der Waals surface area contributed by atoms with Crippen molar-refractivity contribution in [3.63, 3.8) is 0 Å². The fraction of sp³-hybridized carbons (Fsp3) is 0.360. The van der Waals surface area contributed by atoms with Crippen LogP contribution in [0.3, 0.4) is 0 Å². The summed E-state index contributed by atoms with van der Waals surface area (Å²) >= 11 is 0. The molecule has 6 nitrogen and oxygen atoms in total. The Morgan fingerprint density at radius 3 is 2.61 bits per heavy atom. The third kappa shape index (κ3) is 3.67. The molecule has 0 unspecified atom stereocenters. The van der Waals surface area contributed by atoms with Crippen molar-refractivity contribution < 1.29 is 4.79 Å². The molecule has 0 spiro atoms. The maximum Gasteiger partial charge on any atom is 0.277 e. The van der Waals surface area contributed by atoms with Crippen LogP contribution in [0.4, 0.5) is 11.4 Å². The Labute approximate surface area is 182 Å². The van der Waals surface area contributed by atoms with Gasteiger partial charge in [-0.05, 0) is 49.1 Å². The molecular weight excluding hydrogens is 386 g/mol. The normalized spacial score (nSPS) is 17.2. The van der Waals surface area contributed by atoms with Gasteiger partial charge in [0, 0.05) is 30.6 Å². The number of aromatic nitrogens is 3. The van der Waals surface area contributed by atoms with Crippen LogP contribution in [-0.2, 0) is 17.8 Å². The average molecular weight is 414 g/mol. The van der Waals surface area contributed by atoms with Crippen LogP contribution in [0, 0.1) is 5.92 Å². The van der Waals surface area contributed by atoms with Crippen molar-refractivity contribution in [1.82, 2.24) is 14.8 Å². The van der Waals surface area contributed by atoms with Crippen molar-refractivity contribution in [3.8, 4) is 11.4 Å². The minimum Gasteiger partial charge on any atom is -0.311 e. The van der Waals surface area contributed by atoms with E-state index in [1.54, 1.807) is 0 Å². The number of para-hydroxylation sites is 1. The van der Waals surface area contributed by atoms with Crippen LogP contribution < -0.4 is 4.90 Å². The smallest absolute Gasteiger partial charge is 0.277 e. The van der Waals surface area contributed by atoms with Crippen molar-refractivity contribution in [1.29, 1.82) is 0 Å². The molecular formula is C25H27N5O. The zero-order chi connectivity index (χ0) is 21.4. The Bertz CT molecular complexity index is 1140. The van der Waals surface area contributed by atoms with Gasteiger partial charge in [0.25, 0.3) is 5.91 Å². The molecule has 3 aromatic rings. The first-order valence-electron chi connectivity index (χ1n) is 11.1. The molecule has 2 aromatic carbocycles. The summed E-state index contributed by atoms with van der Waals surface area (Å²) in [7, 11) is 0. The lowest BCUT2D eigenvalue weighted by molar-refractivity contribution is -0.112. The zero-order valence-corrected chi connectivity index (χ0v) is 18.1. The lowest BCUT2D eigenvalue weighted by Crippen LogP contribution is -2.33. The minimum atomic E-state index is -0.0262. The fourth-order valence-corrected chi connectivity index (χ4v) is 4.43. The third-order valence-electron chi connectivity index (χ3n) is 5.92. The van der Waals surface area contributed by atoms with E-state index in [1.807, 2.05) is 53.4 Å². The summed E-state index contributed by atoms with van der Waals surface area (Å²) in [5, 5.41) is 8.84. The Morgan fingerprint density at radius 2 is 1.81 bits per heavy atom. The highest BCUT2D eigenvalue weighted by Gasteiger charge is 2.33. The summed E-state index contributed by atoms with van der Waals surface area (Å²) in [6.07, 6.45) is 4.58. The zero-order valence-electron chi connectivity index (χ0n) is 18.1. The number of hydrogen-bond donors (Lipinski definition) is 0. The Morgan fingerprint density at radius 1 is 1.00 bits per heavy atom. The van der Waals surface area contributed by atoms with E-state index in [0.717, 1.165) is 53.5 Å². The molecule has 0 bridgehead atoms. The number of aryl methyl sites for hydroxylation is 1. The van der Waals surface area contributed by atoms with Crippen LogP contribution in [0.2, 0.25) is 0 Å². The molecule has 0 atom stereocenters. The molecule has 1 aromatic heterocycles. The number of nitrogens with zero attached hydrogens (tertiary/aromatic N) is 5. The topological polar surface area (TPSA) is 63.4 Å². The maximum atomic E-state index is 13.1. The number of amides is 1. The molecule has 0 saturated carbocycles. The highest BCUT2D eigenvalue weighted by molar-refractivity contribution is 6.54. The van der Waals surface area contributed by atoms with E-state index in [-0.39, 0.29) is 5.91 Å². The van der Waals surface area contributed by atoms with Crippen molar-refractivity contribution in [2.75, 3.05) is 11.4 Å². The first-order chi connectivity index (χ1) is 15.1. The molecule has 31 heavy (non-hydrogen) atoms. The second kappa shape index (κ2) is 8.10. The van der Waals surface area contributed by atoms with Gasteiger partial charge >= 0.3 is 0 Å². The van der Waals surface area contributed by atoms with Gasteiger partial charge in [0.2, 0.25) is 0 Å². The van der Waals surface area contributed by atoms with Crippen molar-refractivity contribution >= 4 is 23.0 Å². The average Bonchev–Trinajstić information content (AvgIpc) is 3.18. The number of fused-ring (bicyclic) bond motifs is 2. The van der Waals surface area contributed by atoms with E-state index in [2.05, 4.69) is 28.6 Å². The summed E-state index contributed by atoms with van der Waals surface area (Å²) in [6.45, 7) is 5.90. The molecule has 2 aliphatic rings. The number of benzene rings is 2. The van der Waals surface area contributed by atoms with E-state index in [1.165, 1.54) is 12.8 Å². The quantitative estimate of drug-likeness (QED) is 0.617. The first-order valence-corrected chi connectivity index (χ1v) is 11.1. The molecule has 1 amide bonds. The third-order valence-corrected chi connectivity index (χ3v) is 5.92. The predicted molar refractivity (Wildman–Crippen MR) is 123 cm³/mol. The molecule has 0 N–H and O–H groups in total. The van der Waals surface area contributed by atoms with E-state index in [4.69, 9.17) is 4.99 Å². The Balaban J connectivity index is 1.46. The maximum absolute atomic E-state index is 13.1. The molecule has 2 aliphatic heterocycles. The molecule has 0 fully saturated rings. The van der Waals surface area contributed by atoms with Crippen LogP contribution >= 0.6 is 0 Å². The summed E-state index contributed by atoms with van der Waals surface area (Å²) in [5.74, 6) is 2.35. The van der Waals surface area contributed by atoms with Gasteiger partial charge in [-0.2, -0.15) is 0 Å². The lowest BCUT2D eigenvalue weighted by Gasteiger charge is -2.18. The van der Waals surface area contributed by atoms with Gasteiger partial charge in [-0.1, -0.05) is 38.5 Å². The van der Waals surface area contributed by atoms with Crippen molar-refractivity contribution in [2.45, 2.75) is 46.1 Å². The van der Waals surface area contributed by atoms with Crippen LogP contribution in [0.5, 0.6) is 0 Å². The second-order valence-electron chi connectivity index (χ2n) is 8.74. The Kier molecular flexibility index (Phi) is 5.14. The molecule has 158 valence electrons. The molecule has 5 rings (SSSR count). The first kappa shape index (κ1) is 19.7. The van der Waals surface area contributed by atoms with E-state index >= 15 is 0 Å². The molecule has 6 heteroatoms. The van der Waals surface area contributed by atoms with Gasteiger partial charge in [0.05, 0.1) is 11.4 Å². The predicted octanol–water partition coefficient (Wildman–Crippen LogP) is 4.79. The van der Waals surface area contributed by atoms with E-state index in [9.17, 15) is 4.79 Å². The van der Waals surface area contributed by atoms with Gasteiger partial charge in [-0.3, -0.25) is 4.79 Å². The lowest BCUT2D eigenvalue weighted by atomic mass is 10.1. The summed E-state index contributed by atoms with van der Waals surface area (Å²) < 4.78 is 2.24. The van der Waals surface area contributed by atoms with Gasteiger partial charge in [-0.25, -0.2) is 4.99 Å². The minimum absolute atomic E-state index is 0.0262. The Hall–Kier alpha value is -3.28. The number of carbonyl (C=O) groups is 1. The van der Waals surface area contributed by atoms with Crippen LogP contribution in [-0.4, -0.2) is 32.9 Å². The number of aliphatic imine (C=N–C) groups is 1. The highest BCUT2D eigenvalue weighted by Crippen LogP contribution is 2.32. The van der Waals surface area contributed by atoms with Crippen molar-refractivity contribution in [2.24, 2.45) is 10.9 Å². The molecule has 0 aliphatic carbocycles. The van der Waals surface area contributed by atoms with Crippen molar-refractivity contribution in [3.05, 3.63) is 59.9 Å². The van der Waals surface area contributed by atoms with Gasteiger partial charge < -0.3 is 9.47 Å².